The zero-order valence-corrected chi connectivity index (χ0v) is 16.5. The highest BCUT2D eigenvalue weighted by atomic mass is 32.1. The maximum Gasteiger partial charge on any atom is 0.263 e. The molecule has 1 N–H and O–H groups in total. The first kappa shape index (κ1) is 19.0. The lowest BCUT2D eigenvalue weighted by atomic mass is 10.0. The van der Waals surface area contributed by atoms with Gasteiger partial charge in [-0.25, -0.2) is 9.37 Å². The average molecular weight is 407 g/mol. The first-order valence-electron chi connectivity index (χ1n) is 9.08. The van der Waals surface area contributed by atoms with Gasteiger partial charge in [-0.15, -0.1) is 11.3 Å². The van der Waals surface area contributed by atoms with Crippen LogP contribution in [0, 0.1) is 12.7 Å². The normalized spacial score (nSPS) is 11.0. The summed E-state index contributed by atoms with van der Waals surface area (Å²) in [6.45, 7) is 2.09. The second-order valence-corrected chi connectivity index (χ2v) is 7.86. The molecule has 146 valence electrons. The Kier molecular flexibility index (Phi) is 5.22. The lowest BCUT2D eigenvalue weighted by Crippen LogP contribution is -2.32. The maximum absolute atomic E-state index is 13.1. The summed E-state index contributed by atoms with van der Waals surface area (Å²) in [6.07, 6.45) is 1.41. The fraction of sp³-hybridized carbons (Fsp3) is 0.136. The van der Waals surface area contributed by atoms with Gasteiger partial charge in [0, 0.05) is 17.0 Å². The minimum Gasteiger partial charge on any atom is -0.350 e. The van der Waals surface area contributed by atoms with Gasteiger partial charge >= 0.3 is 0 Å². The predicted octanol–water partition coefficient (Wildman–Crippen LogP) is 3.89. The topological polar surface area (TPSA) is 64.0 Å². The van der Waals surface area contributed by atoms with E-state index in [1.54, 1.807) is 12.1 Å². The van der Waals surface area contributed by atoms with E-state index >= 15 is 0 Å². The number of rotatable bonds is 5. The average Bonchev–Trinajstić information content (AvgIpc) is 3.07. The first-order valence-corrected chi connectivity index (χ1v) is 9.89. The van der Waals surface area contributed by atoms with Gasteiger partial charge in [0.15, 0.2) is 0 Å². The number of hydrogen-bond donors (Lipinski definition) is 1. The Balaban J connectivity index is 1.60. The van der Waals surface area contributed by atoms with E-state index < -0.39 is 0 Å². The zero-order chi connectivity index (χ0) is 20.4. The Morgan fingerprint density at radius 3 is 2.59 bits per heavy atom. The summed E-state index contributed by atoms with van der Waals surface area (Å²) in [5.41, 5.74) is 2.36. The molecule has 0 spiro atoms. The Morgan fingerprint density at radius 2 is 1.86 bits per heavy atom. The molecule has 0 saturated carbocycles. The van der Waals surface area contributed by atoms with Crippen LogP contribution in [0.4, 0.5) is 4.39 Å². The minimum atomic E-state index is -0.328. The number of aryl methyl sites for hydroxylation is 1. The van der Waals surface area contributed by atoms with Gasteiger partial charge < -0.3 is 5.32 Å². The maximum atomic E-state index is 13.1. The SMILES string of the molecule is Cc1sc2ncn(CC(=O)NCc3ccc(F)cc3)c(=O)c2c1-c1ccccc1. The Hall–Kier alpha value is -3.32. The van der Waals surface area contributed by atoms with Crippen LogP contribution in [0.1, 0.15) is 10.4 Å². The number of nitrogens with zero attached hydrogens (tertiary/aromatic N) is 2. The summed E-state index contributed by atoms with van der Waals surface area (Å²) < 4.78 is 14.3. The summed E-state index contributed by atoms with van der Waals surface area (Å²) >= 11 is 1.47. The lowest BCUT2D eigenvalue weighted by molar-refractivity contribution is -0.121. The molecule has 0 bridgehead atoms. The molecule has 2 heterocycles. The number of benzene rings is 2. The monoisotopic (exact) mass is 407 g/mol. The van der Waals surface area contributed by atoms with Crippen molar-refractivity contribution in [3.63, 3.8) is 0 Å². The van der Waals surface area contributed by atoms with Gasteiger partial charge in [-0.2, -0.15) is 0 Å². The van der Waals surface area contributed by atoms with Gasteiger partial charge in [0.05, 0.1) is 11.7 Å². The standard InChI is InChI=1S/C22H18FN3O2S/c1-14-19(16-5-3-2-4-6-16)20-21(29-14)25-13-26(22(20)28)12-18(27)24-11-15-7-9-17(23)10-8-15/h2-10,13H,11-12H2,1H3,(H,24,27). The van der Waals surface area contributed by atoms with E-state index in [1.165, 1.54) is 34.4 Å². The van der Waals surface area contributed by atoms with Gasteiger partial charge in [-0.1, -0.05) is 42.5 Å². The van der Waals surface area contributed by atoms with E-state index in [1.807, 2.05) is 37.3 Å². The quantitative estimate of drug-likeness (QED) is 0.546. The summed E-state index contributed by atoms with van der Waals surface area (Å²) in [4.78, 5) is 31.5. The van der Waals surface area contributed by atoms with Crippen LogP contribution in [0.25, 0.3) is 21.3 Å². The van der Waals surface area contributed by atoms with Crippen molar-refractivity contribution in [2.45, 2.75) is 20.0 Å². The van der Waals surface area contributed by atoms with Crippen molar-refractivity contribution in [2.75, 3.05) is 0 Å². The Bertz CT molecular complexity index is 1230. The molecule has 4 rings (SSSR count). The van der Waals surface area contributed by atoms with Gasteiger partial charge in [0.2, 0.25) is 5.91 Å². The number of aromatic nitrogens is 2. The third-order valence-electron chi connectivity index (χ3n) is 4.63. The van der Waals surface area contributed by atoms with Gasteiger partial charge in [-0.3, -0.25) is 14.2 Å². The molecule has 0 atom stereocenters. The summed E-state index contributed by atoms with van der Waals surface area (Å²) in [6, 6.07) is 15.6. The van der Waals surface area contributed by atoms with E-state index in [0.29, 0.717) is 10.2 Å². The minimum absolute atomic E-state index is 0.133. The second kappa shape index (κ2) is 7.97. The number of carbonyl (C=O) groups excluding carboxylic acids is 1. The highest BCUT2D eigenvalue weighted by molar-refractivity contribution is 7.19. The number of halogens is 1. The number of amides is 1. The van der Waals surface area contributed by atoms with Gasteiger partial charge in [0.1, 0.15) is 17.2 Å². The van der Waals surface area contributed by atoms with Crippen molar-refractivity contribution in [1.29, 1.82) is 0 Å². The highest BCUT2D eigenvalue weighted by Crippen LogP contribution is 2.35. The van der Waals surface area contributed by atoms with Crippen LogP contribution in [0.15, 0.2) is 65.7 Å². The van der Waals surface area contributed by atoms with Crippen LogP contribution in [0.3, 0.4) is 0 Å². The first-order chi connectivity index (χ1) is 14.0. The molecule has 2 aromatic carbocycles. The van der Waals surface area contributed by atoms with Crippen LogP contribution in [-0.2, 0) is 17.9 Å². The smallest absolute Gasteiger partial charge is 0.263 e. The van der Waals surface area contributed by atoms with Crippen molar-refractivity contribution in [3.8, 4) is 11.1 Å². The van der Waals surface area contributed by atoms with Crippen molar-refractivity contribution in [1.82, 2.24) is 14.9 Å². The number of fused-ring (bicyclic) bond motifs is 1. The van der Waals surface area contributed by atoms with E-state index in [0.717, 1.165) is 21.6 Å². The summed E-state index contributed by atoms with van der Waals surface area (Å²) in [5.74, 6) is -0.642. The van der Waals surface area contributed by atoms with E-state index in [4.69, 9.17) is 0 Å². The number of hydrogen-bond acceptors (Lipinski definition) is 4. The molecule has 7 heteroatoms. The molecule has 4 aromatic rings. The third kappa shape index (κ3) is 3.95. The third-order valence-corrected chi connectivity index (χ3v) is 5.65. The van der Waals surface area contributed by atoms with Crippen molar-refractivity contribution >= 4 is 27.5 Å². The molecule has 1 amide bonds. The molecular formula is C22H18FN3O2S. The molecular weight excluding hydrogens is 389 g/mol. The fourth-order valence-electron chi connectivity index (χ4n) is 3.22. The molecule has 0 saturated heterocycles. The molecule has 0 aliphatic carbocycles. The highest BCUT2D eigenvalue weighted by Gasteiger charge is 2.17. The number of carbonyl (C=O) groups is 1. The molecule has 29 heavy (non-hydrogen) atoms. The summed E-state index contributed by atoms with van der Waals surface area (Å²) in [7, 11) is 0. The molecule has 2 aromatic heterocycles. The molecule has 0 aliphatic heterocycles. The molecule has 0 unspecified atom stereocenters. The largest absolute Gasteiger partial charge is 0.350 e. The number of nitrogens with one attached hydrogen (secondary N) is 1. The van der Waals surface area contributed by atoms with Crippen LogP contribution in [-0.4, -0.2) is 15.5 Å². The molecule has 0 radical (unpaired) electrons. The van der Waals surface area contributed by atoms with E-state index in [9.17, 15) is 14.0 Å². The van der Waals surface area contributed by atoms with E-state index in [-0.39, 0.29) is 30.4 Å². The second-order valence-electron chi connectivity index (χ2n) is 6.66. The van der Waals surface area contributed by atoms with Crippen LogP contribution in [0.2, 0.25) is 0 Å². The molecule has 0 aliphatic rings. The van der Waals surface area contributed by atoms with Crippen molar-refractivity contribution in [3.05, 3.63) is 87.5 Å². The van der Waals surface area contributed by atoms with Crippen LogP contribution < -0.4 is 10.9 Å². The van der Waals surface area contributed by atoms with Crippen LogP contribution in [0.5, 0.6) is 0 Å². The van der Waals surface area contributed by atoms with Gasteiger partial charge in [0.25, 0.3) is 5.56 Å². The summed E-state index contributed by atoms with van der Waals surface area (Å²) in [5, 5.41) is 3.28. The van der Waals surface area contributed by atoms with Crippen molar-refractivity contribution < 1.29 is 9.18 Å². The zero-order valence-electron chi connectivity index (χ0n) is 15.7. The lowest BCUT2D eigenvalue weighted by Gasteiger charge is -2.08. The number of thiophene rings is 1. The van der Waals surface area contributed by atoms with Crippen LogP contribution >= 0.6 is 11.3 Å². The molecule has 0 fully saturated rings. The van der Waals surface area contributed by atoms with Gasteiger partial charge in [-0.05, 0) is 30.2 Å². The Labute approximate surface area is 170 Å². The van der Waals surface area contributed by atoms with Crippen molar-refractivity contribution in [2.24, 2.45) is 0 Å². The predicted molar refractivity (Wildman–Crippen MR) is 112 cm³/mol. The van der Waals surface area contributed by atoms with E-state index in [2.05, 4.69) is 10.3 Å². The fourth-order valence-corrected chi connectivity index (χ4v) is 4.22. The molecule has 5 nitrogen and oxygen atoms in total. The Morgan fingerprint density at radius 1 is 1.14 bits per heavy atom.